The minimum Gasteiger partial charge on any atom is -0.349 e. The van der Waals surface area contributed by atoms with Gasteiger partial charge in [0.1, 0.15) is 0 Å². The van der Waals surface area contributed by atoms with Crippen LogP contribution in [0.3, 0.4) is 0 Å². The molecule has 0 aliphatic heterocycles. The molecule has 0 radical (unpaired) electrons. The lowest BCUT2D eigenvalue weighted by molar-refractivity contribution is -0.119. The van der Waals surface area contributed by atoms with E-state index in [0.29, 0.717) is 21.1 Å². The van der Waals surface area contributed by atoms with Crippen molar-refractivity contribution < 1.29 is 4.79 Å². The van der Waals surface area contributed by atoms with Gasteiger partial charge in [-0.2, -0.15) is 0 Å². The number of halogens is 1. The minimum atomic E-state index is -0.137. The van der Waals surface area contributed by atoms with Gasteiger partial charge in [0.2, 0.25) is 5.91 Å². The number of benzene rings is 2. The number of carbonyl (C=O) groups excluding carboxylic acids is 1. The van der Waals surface area contributed by atoms with E-state index in [4.69, 9.17) is 11.6 Å². The Morgan fingerprint density at radius 3 is 2.50 bits per heavy atom. The highest BCUT2D eigenvalue weighted by molar-refractivity contribution is 7.99. The fourth-order valence-electron chi connectivity index (χ4n) is 2.93. The number of fused-ring (bicyclic) bond motifs is 1. The van der Waals surface area contributed by atoms with Gasteiger partial charge in [-0.05, 0) is 50.6 Å². The molecule has 1 aromatic heterocycles. The van der Waals surface area contributed by atoms with Gasteiger partial charge < -0.3 is 5.32 Å². The standard InChI is InChI=1S/C21H22ClN3O2S/c1-13(2)25-20(27)17-6-4-5-7-18(17)24-21(25)28-12-19(26)23-14(3)15-8-10-16(22)11-9-15/h4-11,13-14H,12H2,1-3H3,(H,23,26)/t14-/m1/s1. The van der Waals surface area contributed by atoms with Crippen molar-refractivity contribution in [2.75, 3.05) is 5.75 Å². The Labute approximate surface area is 173 Å². The maximum Gasteiger partial charge on any atom is 0.262 e. The summed E-state index contributed by atoms with van der Waals surface area (Å²) < 4.78 is 1.64. The molecular weight excluding hydrogens is 394 g/mol. The van der Waals surface area contributed by atoms with Crippen LogP contribution < -0.4 is 10.9 Å². The summed E-state index contributed by atoms with van der Waals surface area (Å²) in [6.45, 7) is 5.79. The van der Waals surface area contributed by atoms with Crippen molar-refractivity contribution in [3.63, 3.8) is 0 Å². The zero-order chi connectivity index (χ0) is 20.3. The minimum absolute atomic E-state index is 0.0526. The Morgan fingerprint density at radius 1 is 1.14 bits per heavy atom. The van der Waals surface area contributed by atoms with Gasteiger partial charge in [0, 0.05) is 11.1 Å². The second kappa shape index (κ2) is 8.80. The number of hydrogen-bond donors (Lipinski definition) is 1. The van der Waals surface area contributed by atoms with E-state index < -0.39 is 0 Å². The van der Waals surface area contributed by atoms with Crippen LogP contribution in [0.4, 0.5) is 0 Å². The topological polar surface area (TPSA) is 64.0 Å². The predicted molar refractivity (Wildman–Crippen MR) is 115 cm³/mol. The summed E-state index contributed by atoms with van der Waals surface area (Å²) in [7, 11) is 0. The molecule has 0 saturated carbocycles. The van der Waals surface area contributed by atoms with E-state index in [2.05, 4.69) is 10.3 Å². The molecule has 0 aliphatic rings. The third-order valence-electron chi connectivity index (χ3n) is 4.37. The summed E-state index contributed by atoms with van der Waals surface area (Å²) in [6.07, 6.45) is 0. The molecule has 0 aliphatic carbocycles. The average molecular weight is 416 g/mol. The molecule has 28 heavy (non-hydrogen) atoms. The first-order valence-corrected chi connectivity index (χ1v) is 10.4. The summed E-state index contributed by atoms with van der Waals surface area (Å²) in [5.74, 6) is 0.0558. The van der Waals surface area contributed by atoms with Crippen LogP contribution in [0.2, 0.25) is 5.02 Å². The van der Waals surface area contributed by atoms with Crippen molar-refractivity contribution in [2.24, 2.45) is 0 Å². The van der Waals surface area contributed by atoms with Gasteiger partial charge in [0.15, 0.2) is 5.16 Å². The molecule has 146 valence electrons. The zero-order valence-corrected chi connectivity index (χ0v) is 17.6. The van der Waals surface area contributed by atoms with Crippen LogP contribution in [-0.2, 0) is 4.79 Å². The number of para-hydroxylation sites is 1. The lowest BCUT2D eigenvalue weighted by atomic mass is 10.1. The monoisotopic (exact) mass is 415 g/mol. The quantitative estimate of drug-likeness (QED) is 0.472. The first-order valence-electron chi connectivity index (χ1n) is 9.05. The fourth-order valence-corrected chi connectivity index (χ4v) is 4.00. The second-order valence-electron chi connectivity index (χ2n) is 6.81. The van der Waals surface area contributed by atoms with E-state index >= 15 is 0 Å². The van der Waals surface area contributed by atoms with Crippen molar-refractivity contribution in [2.45, 2.75) is 38.0 Å². The highest BCUT2D eigenvalue weighted by Gasteiger charge is 2.16. The number of aromatic nitrogens is 2. The first-order chi connectivity index (χ1) is 13.4. The van der Waals surface area contributed by atoms with E-state index in [1.165, 1.54) is 11.8 Å². The Balaban J connectivity index is 1.75. The third kappa shape index (κ3) is 4.56. The molecule has 1 amide bonds. The Bertz CT molecular complexity index is 1050. The molecule has 5 nitrogen and oxygen atoms in total. The number of nitrogens with zero attached hydrogens (tertiary/aromatic N) is 2. The van der Waals surface area contributed by atoms with Crippen molar-refractivity contribution in [1.82, 2.24) is 14.9 Å². The lowest BCUT2D eigenvalue weighted by Gasteiger charge is -2.17. The number of amides is 1. The first kappa shape index (κ1) is 20.4. The maximum absolute atomic E-state index is 12.8. The molecule has 0 spiro atoms. The molecule has 2 aromatic carbocycles. The highest BCUT2D eigenvalue weighted by atomic mass is 35.5. The largest absolute Gasteiger partial charge is 0.349 e. The van der Waals surface area contributed by atoms with E-state index in [1.807, 2.05) is 51.1 Å². The molecule has 7 heteroatoms. The van der Waals surface area contributed by atoms with Gasteiger partial charge in [-0.3, -0.25) is 14.2 Å². The number of thioether (sulfide) groups is 1. The zero-order valence-electron chi connectivity index (χ0n) is 16.0. The Morgan fingerprint density at radius 2 is 1.82 bits per heavy atom. The maximum atomic E-state index is 12.8. The average Bonchev–Trinajstić information content (AvgIpc) is 2.66. The molecule has 3 rings (SSSR count). The summed E-state index contributed by atoms with van der Waals surface area (Å²) in [4.78, 5) is 29.9. The van der Waals surface area contributed by atoms with Crippen molar-refractivity contribution in [3.05, 3.63) is 69.5 Å². The second-order valence-corrected chi connectivity index (χ2v) is 8.19. The summed E-state index contributed by atoms with van der Waals surface area (Å²) in [5.41, 5.74) is 1.53. The van der Waals surface area contributed by atoms with Crippen LogP contribution in [0.15, 0.2) is 58.5 Å². The fraction of sp³-hybridized carbons (Fsp3) is 0.286. The number of rotatable bonds is 6. The van der Waals surface area contributed by atoms with Crippen LogP contribution in [0.25, 0.3) is 10.9 Å². The van der Waals surface area contributed by atoms with Crippen LogP contribution >= 0.6 is 23.4 Å². The van der Waals surface area contributed by atoms with Gasteiger partial charge in [0.05, 0.1) is 22.7 Å². The Hall–Kier alpha value is -2.31. The summed E-state index contributed by atoms with van der Waals surface area (Å²) in [5, 5.41) is 4.76. The van der Waals surface area contributed by atoms with Gasteiger partial charge in [0.25, 0.3) is 5.56 Å². The smallest absolute Gasteiger partial charge is 0.262 e. The van der Waals surface area contributed by atoms with Crippen LogP contribution in [-0.4, -0.2) is 21.2 Å². The van der Waals surface area contributed by atoms with Crippen LogP contribution in [0, 0.1) is 0 Å². The van der Waals surface area contributed by atoms with Gasteiger partial charge in [-0.1, -0.05) is 47.6 Å². The van der Waals surface area contributed by atoms with E-state index in [-0.39, 0.29) is 29.3 Å². The van der Waals surface area contributed by atoms with Gasteiger partial charge in [-0.15, -0.1) is 0 Å². The van der Waals surface area contributed by atoms with Crippen LogP contribution in [0.5, 0.6) is 0 Å². The van der Waals surface area contributed by atoms with E-state index in [9.17, 15) is 9.59 Å². The third-order valence-corrected chi connectivity index (χ3v) is 5.58. The lowest BCUT2D eigenvalue weighted by Crippen LogP contribution is -2.29. The SMILES string of the molecule is CC(C)n1c(SCC(=O)N[C@H](C)c2ccc(Cl)cc2)nc2ccccc2c1=O. The molecule has 0 bridgehead atoms. The summed E-state index contributed by atoms with van der Waals surface area (Å²) >= 11 is 7.18. The number of hydrogen-bond acceptors (Lipinski definition) is 4. The predicted octanol–water partition coefficient (Wildman–Crippen LogP) is 4.60. The Kier molecular flexibility index (Phi) is 6.42. The number of nitrogens with one attached hydrogen (secondary N) is 1. The molecule has 0 fully saturated rings. The van der Waals surface area contributed by atoms with Gasteiger partial charge >= 0.3 is 0 Å². The van der Waals surface area contributed by atoms with E-state index in [0.717, 1.165) is 5.56 Å². The molecule has 1 atom stereocenters. The van der Waals surface area contributed by atoms with Crippen molar-refractivity contribution in [1.29, 1.82) is 0 Å². The van der Waals surface area contributed by atoms with E-state index in [1.54, 1.807) is 22.8 Å². The number of carbonyl (C=O) groups is 1. The normalized spacial score (nSPS) is 12.3. The molecule has 1 heterocycles. The molecule has 3 aromatic rings. The molecular formula is C21H22ClN3O2S. The summed E-state index contributed by atoms with van der Waals surface area (Å²) in [6, 6.07) is 14.5. The van der Waals surface area contributed by atoms with Crippen LogP contribution in [0.1, 0.15) is 38.4 Å². The molecule has 0 saturated heterocycles. The molecule has 0 unspecified atom stereocenters. The van der Waals surface area contributed by atoms with Crippen molar-refractivity contribution in [3.8, 4) is 0 Å². The molecule has 1 N–H and O–H groups in total. The van der Waals surface area contributed by atoms with Gasteiger partial charge in [-0.25, -0.2) is 4.98 Å². The highest BCUT2D eigenvalue weighted by Crippen LogP contribution is 2.21. The van der Waals surface area contributed by atoms with Crippen molar-refractivity contribution >= 4 is 40.2 Å².